The van der Waals surface area contributed by atoms with E-state index in [4.69, 9.17) is 10.4 Å². The average Bonchev–Trinajstić information content (AvgIpc) is 2.62. The third-order valence-corrected chi connectivity index (χ3v) is 4.66. The highest BCUT2D eigenvalue weighted by molar-refractivity contribution is 14.1. The lowest BCUT2D eigenvalue weighted by molar-refractivity contribution is 0.281. The highest BCUT2D eigenvalue weighted by Crippen LogP contribution is 2.31. The van der Waals surface area contributed by atoms with Gasteiger partial charge in [0.15, 0.2) is 0 Å². The van der Waals surface area contributed by atoms with Crippen molar-refractivity contribution in [3.05, 3.63) is 32.2 Å². The molecule has 0 radical (unpaired) electrons. The number of hydrogen-bond acceptors (Lipinski definition) is 3. The van der Waals surface area contributed by atoms with E-state index in [1.54, 1.807) is 0 Å². The maximum Gasteiger partial charge on any atom is 0.110 e. The lowest BCUT2D eigenvalue weighted by atomic mass is 10.2. The molecule has 1 aromatic carbocycles. The van der Waals surface area contributed by atoms with Gasteiger partial charge in [0.25, 0.3) is 0 Å². The first-order chi connectivity index (χ1) is 6.76. The quantitative estimate of drug-likeness (QED) is 0.823. The molecular weight excluding hydrogens is 309 g/mol. The van der Waals surface area contributed by atoms with Crippen molar-refractivity contribution >= 4 is 44.0 Å². The topological polar surface area (TPSA) is 44.0 Å². The zero-order valence-corrected chi connectivity index (χ0v) is 10.1. The predicted molar refractivity (Wildman–Crippen MR) is 65.2 cm³/mol. The zero-order chi connectivity index (χ0) is 10.1. The van der Waals surface area contributed by atoms with Crippen molar-refractivity contribution in [1.82, 2.24) is 0 Å². The van der Waals surface area contributed by atoms with Crippen LogP contribution in [0.2, 0.25) is 0 Å². The van der Waals surface area contributed by atoms with Gasteiger partial charge in [-0.3, -0.25) is 0 Å². The predicted octanol–water partition coefficient (Wildman–Crippen LogP) is 2.87. The summed E-state index contributed by atoms with van der Waals surface area (Å²) in [6.45, 7) is 0.0496. The lowest BCUT2D eigenvalue weighted by Crippen LogP contribution is -1.86. The Morgan fingerprint density at radius 3 is 2.93 bits per heavy atom. The standard InChI is InChI=1S/C10H6INOS/c11-9-7(5-13)2-1-6-3-8(4-12)14-10(6)9/h1-3,13H,5H2. The minimum absolute atomic E-state index is 0.0496. The van der Waals surface area contributed by atoms with Crippen LogP contribution in [0.3, 0.4) is 0 Å². The summed E-state index contributed by atoms with van der Waals surface area (Å²) in [5.74, 6) is 0. The van der Waals surface area contributed by atoms with Crippen molar-refractivity contribution in [3.63, 3.8) is 0 Å². The monoisotopic (exact) mass is 315 g/mol. The van der Waals surface area contributed by atoms with E-state index in [1.165, 1.54) is 11.3 Å². The highest BCUT2D eigenvalue weighted by atomic mass is 127. The number of fused-ring (bicyclic) bond motifs is 1. The fourth-order valence-electron chi connectivity index (χ4n) is 1.29. The lowest BCUT2D eigenvalue weighted by Gasteiger charge is -2.00. The maximum atomic E-state index is 9.08. The van der Waals surface area contributed by atoms with E-state index in [-0.39, 0.29) is 6.61 Å². The molecule has 4 heteroatoms. The molecule has 2 rings (SSSR count). The molecule has 0 fully saturated rings. The van der Waals surface area contributed by atoms with Crippen LogP contribution in [0.5, 0.6) is 0 Å². The minimum atomic E-state index is 0.0496. The Labute approximate surface area is 98.9 Å². The molecule has 14 heavy (non-hydrogen) atoms. The summed E-state index contributed by atoms with van der Waals surface area (Å²) >= 11 is 3.68. The van der Waals surface area contributed by atoms with Gasteiger partial charge in [0.05, 0.1) is 6.61 Å². The maximum absolute atomic E-state index is 9.08. The molecule has 0 amide bonds. The summed E-state index contributed by atoms with van der Waals surface area (Å²) in [4.78, 5) is 0.716. The third-order valence-electron chi connectivity index (χ3n) is 1.99. The molecule has 0 aliphatic carbocycles. The normalized spacial score (nSPS) is 10.4. The third kappa shape index (κ3) is 1.52. The molecule has 0 atom stereocenters. The first-order valence-electron chi connectivity index (χ1n) is 3.98. The number of thiophene rings is 1. The number of hydrogen-bond donors (Lipinski definition) is 1. The van der Waals surface area contributed by atoms with E-state index in [0.717, 1.165) is 19.2 Å². The molecule has 0 spiro atoms. The molecule has 0 bridgehead atoms. The van der Waals surface area contributed by atoms with Crippen LogP contribution in [0.4, 0.5) is 0 Å². The number of halogens is 1. The Kier molecular flexibility index (Phi) is 2.72. The number of rotatable bonds is 1. The molecule has 0 unspecified atom stereocenters. The van der Waals surface area contributed by atoms with Gasteiger partial charge in [0, 0.05) is 8.27 Å². The summed E-state index contributed by atoms with van der Waals surface area (Å²) in [6.07, 6.45) is 0. The zero-order valence-electron chi connectivity index (χ0n) is 7.12. The van der Waals surface area contributed by atoms with Gasteiger partial charge in [-0.2, -0.15) is 5.26 Å². The van der Waals surface area contributed by atoms with Gasteiger partial charge in [0.1, 0.15) is 10.9 Å². The molecular formula is C10H6INOS. The Hall–Kier alpha value is -0.640. The molecule has 70 valence electrons. The number of aliphatic hydroxyl groups excluding tert-OH is 1. The van der Waals surface area contributed by atoms with Gasteiger partial charge < -0.3 is 5.11 Å². The molecule has 2 nitrogen and oxygen atoms in total. The molecule has 0 aliphatic heterocycles. The summed E-state index contributed by atoms with van der Waals surface area (Å²) in [5.41, 5.74) is 0.921. The van der Waals surface area contributed by atoms with E-state index < -0.39 is 0 Å². The van der Waals surface area contributed by atoms with Crippen molar-refractivity contribution in [2.75, 3.05) is 0 Å². The molecule has 1 aromatic heterocycles. The second-order valence-electron chi connectivity index (χ2n) is 2.84. The molecule has 1 heterocycles. The summed E-state index contributed by atoms with van der Waals surface area (Å²) in [7, 11) is 0. The van der Waals surface area contributed by atoms with Crippen LogP contribution in [0.1, 0.15) is 10.4 Å². The van der Waals surface area contributed by atoms with Crippen LogP contribution in [0.15, 0.2) is 18.2 Å². The van der Waals surface area contributed by atoms with E-state index in [2.05, 4.69) is 28.7 Å². The fraction of sp³-hybridized carbons (Fsp3) is 0.100. The van der Waals surface area contributed by atoms with Crippen molar-refractivity contribution in [1.29, 1.82) is 5.26 Å². The smallest absolute Gasteiger partial charge is 0.110 e. The molecule has 0 aliphatic rings. The fourth-order valence-corrected chi connectivity index (χ4v) is 3.20. The molecule has 1 N–H and O–H groups in total. The van der Waals surface area contributed by atoms with Crippen LogP contribution in [-0.2, 0) is 6.61 Å². The van der Waals surface area contributed by atoms with Gasteiger partial charge in [-0.15, -0.1) is 11.3 Å². The van der Waals surface area contributed by atoms with Crippen LogP contribution >= 0.6 is 33.9 Å². The van der Waals surface area contributed by atoms with E-state index in [1.807, 2.05) is 18.2 Å². The van der Waals surface area contributed by atoms with Crippen molar-refractivity contribution < 1.29 is 5.11 Å². The van der Waals surface area contributed by atoms with Crippen LogP contribution in [-0.4, -0.2) is 5.11 Å². The number of aliphatic hydroxyl groups is 1. The summed E-state index contributed by atoms with van der Waals surface area (Å²) in [6, 6.07) is 7.86. The SMILES string of the molecule is N#Cc1cc2ccc(CO)c(I)c2s1. The van der Waals surface area contributed by atoms with Crippen molar-refractivity contribution in [2.45, 2.75) is 6.61 Å². The highest BCUT2D eigenvalue weighted by Gasteiger charge is 2.07. The van der Waals surface area contributed by atoms with Crippen LogP contribution in [0, 0.1) is 14.9 Å². The van der Waals surface area contributed by atoms with E-state index in [9.17, 15) is 0 Å². The Bertz CT molecular complexity index is 527. The van der Waals surface area contributed by atoms with Crippen molar-refractivity contribution in [3.8, 4) is 6.07 Å². The Morgan fingerprint density at radius 1 is 1.50 bits per heavy atom. The second-order valence-corrected chi connectivity index (χ2v) is 4.97. The minimum Gasteiger partial charge on any atom is -0.392 e. The van der Waals surface area contributed by atoms with Gasteiger partial charge in [-0.1, -0.05) is 12.1 Å². The van der Waals surface area contributed by atoms with Gasteiger partial charge in [-0.05, 0) is 39.6 Å². The number of nitrogens with zero attached hydrogens (tertiary/aromatic N) is 1. The van der Waals surface area contributed by atoms with Gasteiger partial charge in [0.2, 0.25) is 0 Å². The Balaban J connectivity index is 2.76. The molecule has 2 aromatic rings. The van der Waals surface area contributed by atoms with Gasteiger partial charge >= 0.3 is 0 Å². The van der Waals surface area contributed by atoms with E-state index >= 15 is 0 Å². The Morgan fingerprint density at radius 2 is 2.29 bits per heavy atom. The van der Waals surface area contributed by atoms with Gasteiger partial charge in [-0.25, -0.2) is 0 Å². The first-order valence-corrected chi connectivity index (χ1v) is 5.87. The number of nitriles is 1. The largest absolute Gasteiger partial charge is 0.392 e. The molecule has 0 saturated carbocycles. The van der Waals surface area contributed by atoms with Crippen LogP contribution < -0.4 is 0 Å². The van der Waals surface area contributed by atoms with Crippen LogP contribution in [0.25, 0.3) is 10.1 Å². The second kappa shape index (κ2) is 3.85. The summed E-state index contributed by atoms with van der Waals surface area (Å²) < 4.78 is 2.14. The van der Waals surface area contributed by atoms with Crippen molar-refractivity contribution in [2.24, 2.45) is 0 Å². The first kappa shape index (κ1) is 9.90. The van der Waals surface area contributed by atoms with E-state index in [0.29, 0.717) is 4.88 Å². The number of benzene rings is 1. The summed E-state index contributed by atoms with van der Waals surface area (Å²) in [5, 5.41) is 18.9. The average molecular weight is 315 g/mol. The molecule has 0 saturated heterocycles.